The van der Waals surface area contributed by atoms with Crippen LogP contribution in [0.15, 0.2) is 42.5 Å². The van der Waals surface area contributed by atoms with Crippen LogP contribution in [0.1, 0.15) is 49.9 Å². The number of rotatable bonds is 9. The van der Waals surface area contributed by atoms with Gasteiger partial charge in [0.25, 0.3) is 5.69 Å². The second-order valence-electron chi connectivity index (χ2n) is 7.54. The summed E-state index contributed by atoms with van der Waals surface area (Å²) in [6.07, 6.45) is 2.10. The molecule has 0 saturated heterocycles. The van der Waals surface area contributed by atoms with E-state index in [1.807, 2.05) is 31.2 Å². The molecule has 0 saturated carbocycles. The van der Waals surface area contributed by atoms with Gasteiger partial charge in [-0.3, -0.25) is 19.2 Å². The van der Waals surface area contributed by atoms with E-state index in [2.05, 4.69) is 12.2 Å². The second-order valence-corrected chi connectivity index (χ2v) is 9.40. The highest BCUT2D eigenvalue weighted by Crippen LogP contribution is 2.30. The van der Waals surface area contributed by atoms with Crippen molar-refractivity contribution < 1.29 is 18.1 Å². The van der Waals surface area contributed by atoms with E-state index in [4.69, 9.17) is 0 Å². The minimum Gasteiger partial charge on any atom is -0.348 e. The lowest BCUT2D eigenvalue weighted by molar-refractivity contribution is -0.384. The Bertz CT molecular complexity index is 1050. The molecule has 0 unspecified atom stereocenters. The summed E-state index contributed by atoms with van der Waals surface area (Å²) in [5.74, 6) is -0.467. The number of hydrogen-bond donors (Lipinski definition) is 1. The average molecular weight is 448 g/mol. The van der Waals surface area contributed by atoms with Crippen LogP contribution in [0, 0.1) is 17.0 Å². The van der Waals surface area contributed by atoms with Crippen LogP contribution in [-0.4, -0.2) is 31.5 Å². The lowest BCUT2D eigenvalue weighted by Crippen LogP contribution is -2.50. The Kier molecular flexibility index (Phi) is 7.78. The van der Waals surface area contributed by atoms with Crippen LogP contribution in [-0.2, 0) is 21.2 Å². The van der Waals surface area contributed by atoms with Crippen LogP contribution in [0.2, 0.25) is 0 Å². The first-order valence-corrected chi connectivity index (χ1v) is 12.0. The molecule has 1 amide bonds. The molecule has 0 fully saturated rings. The minimum absolute atomic E-state index is 0.124. The fraction of sp³-hybridized carbons (Fsp3) is 0.409. The first-order chi connectivity index (χ1) is 14.5. The number of nitrogens with one attached hydrogen (secondary N) is 1. The molecule has 168 valence electrons. The van der Waals surface area contributed by atoms with Crippen molar-refractivity contribution >= 4 is 27.3 Å². The molecule has 2 aromatic rings. The molecule has 0 heterocycles. The van der Waals surface area contributed by atoms with E-state index in [0.717, 1.165) is 22.5 Å². The first-order valence-electron chi connectivity index (χ1n) is 10.1. The summed E-state index contributed by atoms with van der Waals surface area (Å²) in [5.41, 5.74) is 2.48. The lowest BCUT2D eigenvalue weighted by Gasteiger charge is -2.32. The topological polar surface area (TPSA) is 110 Å². The Labute approximate surface area is 183 Å². The fourth-order valence-corrected chi connectivity index (χ4v) is 4.68. The Morgan fingerprint density at radius 3 is 2.26 bits per heavy atom. The van der Waals surface area contributed by atoms with Crippen molar-refractivity contribution in [3.05, 3.63) is 69.3 Å². The van der Waals surface area contributed by atoms with Crippen molar-refractivity contribution in [3.8, 4) is 0 Å². The fourth-order valence-electron chi connectivity index (χ4n) is 3.42. The summed E-state index contributed by atoms with van der Waals surface area (Å²) in [6, 6.07) is 10.5. The molecule has 2 rings (SSSR count). The third-order valence-corrected chi connectivity index (χ3v) is 6.38. The molecule has 8 nitrogen and oxygen atoms in total. The van der Waals surface area contributed by atoms with E-state index in [1.165, 1.54) is 23.8 Å². The van der Waals surface area contributed by atoms with Crippen molar-refractivity contribution in [1.82, 2.24) is 5.32 Å². The molecule has 2 atom stereocenters. The molecule has 0 aliphatic heterocycles. The van der Waals surface area contributed by atoms with Crippen molar-refractivity contribution in [2.45, 2.75) is 52.6 Å². The van der Waals surface area contributed by atoms with Gasteiger partial charge in [0.2, 0.25) is 15.9 Å². The van der Waals surface area contributed by atoms with E-state index < -0.39 is 26.9 Å². The van der Waals surface area contributed by atoms with Gasteiger partial charge in [0, 0.05) is 12.1 Å². The normalized spacial score (nSPS) is 13.3. The Hall–Kier alpha value is -2.94. The van der Waals surface area contributed by atoms with Gasteiger partial charge in [-0.25, -0.2) is 8.42 Å². The molecule has 0 bridgehead atoms. The van der Waals surface area contributed by atoms with E-state index in [0.29, 0.717) is 5.56 Å². The van der Waals surface area contributed by atoms with E-state index in [9.17, 15) is 23.3 Å². The molecule has 0 radical (unpaired) electrons. The highest BCUT2D eigenvalue weighted by Gasteiger charge is 2.33. The Morgan fingerprint density at radius 2 is 1.77 bits per heavy atom. The number of anilines is 1. The zero-order chi connectivity index (χ0) is 23.3. The summed E-state index contributed by atoms with van der Waals surface area (Å²) in [5, 5.41) is 14.1. The predicted octanol–water partition coefficient (Wildman–Crippen LogP) is 3.89. The van der Waals surface area contributed by atoms with Crippen molar-refractivity contribution in [3.63, 3.8) is 0 Å². The van der Waals surface area contributed by atoms with Crippen molar-refractivity contribution in [1.29, 1.82) is 0 Å². The average Bonchev–Trinajstić information content (AvgIpc) is 2.71. The number of amides is 1. The summed E-state index contributed by atoms with van der Waals surface area (Å²) in [4.78, 5) is 23.7. The second kappa shape index (κ2) is 9.91. The molecular formula is C22H29N3O5S. The van der Waals surface area contributed by atoms with Crippen LogP contribution >= 0.6 is 0 Å². The zero-order valence-corrected chi connectivity index (χ0v) is 19.3. The number of aryl methyl sites for hydroxylation is 2. The Balaban J connectivity index is 2.39. The van der Waals surface area contributed by atoms with Crippen molar-refractivity contribution in [2.75, 3.05) is 10.6 Å². The molecule has 0 aromatic heterocycles. The number of carbonyl (C=O) groups is 1. The summed E-state index contributed by atoms with van der Waals surface area (Å²) in [6.45, 7) is 7.24. The number of hydrogen-bond acceptors (Lipinski definition) is 5. The van der Waals surface area contributed by atoms with Gasteiger partial charge in [0.1, 0.15) is 6.04 Å². The molecule has 0 aliphatic rings. The minimum atomic E-state index is -3.90. The molecule has 31 heavy (non-hydrogen) atoms. The highest BCUT2D eigenvalue weighted by molar-refractivity contribution is 7.92. The Morgan fingerprint density at radius 1 is 1.16 bits per heavy atom. The monoisotopic (exact) mass is 447 g/mol. The van der Waals surface area contributed by atoms with Gasteiger partial charge in [-0.1, -0.05) is 44.2 Å². The standard InChI is InChI=1S/C22H29N3O5S/c1-6-17-9-11-18(12-10-17)16(4)23-22(26)20(7-2)24(31(5,29)30)21-14-19(25(27)28)13-8-15(21)3/h8-14,16,20H,6-7H2,1-5H3,(H,23,26)/t16-,20+/m1/s1. The maximum absolute atomic E-state index is 13.1. The first kappa shape index (κ1) is 24.3. The van der Waals surface area contributed by atoms with Crippen LogP contribution < -0.4 is 9.62 Å². The SMILES string of the molecule is CCc1ccc([C@@H](C)NC(=O)[C@H](CC)N(c2cc([N+](=O)[O-])ccc2C)S(C)(=O)=O)cc1. The van der Waals surface area contributed by atoms with Crippen LogP contribution in [0.5, 0.6) is 0 Å². The predicted molar refractivity (Wildman–Crippen MR) is 122 cm³/mol. The molecule has 0 spiro atoms. The smallest absolute Gasteiger partial charge is 0.271 e. The molecule has 0 aliphatic carbocycles. The van der Waals surface area contributed by atoms with Gasteiger partial charge >= 0.3 is 0 Å². The third-order valence-electron chi connectivity index (χ3n) is 5.22. The van der Waals surface area contributed by atoms with Gasteiger partial charge in [-0.2, -0.15) is 0 Å². The highest BCUT2D eigenvalue weighted by atomic mass is 32.2. The molecule has 1 N–H and O–H groups in total. The van der Waals surface area contributed by atoms with Gasteiger partial charge in [-0.15, -0.1) is 0 Å². The summed E-state index contributed by atoms with van der Waals surface area (Å²) >= 11 is 0. The third kappa shape index (κ3) is 5.81. The maximum atomic E-state index is 13.1. The number of nitrogens with zero attached hydrogens (tertiary/aromatic N) is 2. The van der Waals surface area contributed by atoms with E-state index in [1.54, 1.807) is 13.8 Å². The van der Waals surface area contributed by atoms with Crippen LogP contribution in [0.4, 0.5) is 11.4 Å². The number of carbonyl (C=O) groups excluding carboxylic acids is 1. The van der Waals surface area contributed by atoms with Gasteiger partial charge < -0.3 is 5.32 Å². The van der Waals surface area contributed by atoms with E-state index >= 15 is 0 Å². The van der Waals surface area contributed by atoms with Gasteiger partial charge in [-0.05, 0) is 43.4 Å². The van der Waals surface area contributed by atoms with Crippen molar-refractivity contribution in [2.24, 2.45) is 0 Å². The molecule has 2 aromatic carbocycles. The molecular weight excluding hydrogens is 418 g/mol. The van der Waals surface area contributed by atoms with E-state index in [-0.39, 0.29) is 23.8 Å². The number of non-ortho nitro benzene ring substituents is 1. The summed E-state index contributed by atoms with van der Waals surface area (Å²) < 4.78 is 26.3. The van der Waals surface area contributed by atoms with Crippen LogP contribution in [0.25, 0.3) is 0 Å². The number of nitro groups is 1. The maximum Gasteiger partial charge on any atom is 0.271 e. The molecule has 9 heteroatoms. The van der Waals surface area contributed by atoms with Crippen LogP contribution in [0.3, 0.4) is 0 Å². The quantitative estimate of drug-likeness (QED) is 0.463. The number of sulfonamides is 1. The number of benzene rings is 2. The van der Waals surface area contributed by atoms with Gasteiger partial charge in [0.15, 0.2) is 0 Å². The lowest BCUT2D eigenvalue weighted by atomic mass is 10.0. The number of nitro benzene ring substituents is 1. The zero-order valence-electron chi connectivity index (χ0n) is 18.5. The van der Waals surface area contributed by atoms with Gasteiger partial charge in [0.05, 0.1) is 22.9 Å². The largest absolute Gasteiger partial charge is 0.348 e. The summed E-state index contributed by atoms with van der Waals surface area (Å²) in [7, 11) is -3.90.